The molecule has 1 atom stereocenters. The Bertz CT molecular complexity index is 1030. The fraction of sp³-hybridized carbons (Fsp3) is 0.423. The molecule has 2 heterocycles. The normalized spacial score (nSPS) is 18.5. The zero-order chi connectivity index (χ0) is 21.5. The Morgan fingerprint density at radius 3 is 2.40 bits per heavy atom. The summed E-state index contributed by atoms with van der Waals surface area (Å²) in [6.45, 7) is 9.75. The minimum absolute atomic E-state index is 0.0779. The number of hydrogen-bond acceptors (Lipinski definition) is 2. The molecule has 1 aliphatic rings. The highest BCUT2D eigenvalue weighted by atomic mass is 16.5. The van der Waals surface area contributed by atoms with Gasteiger partial charge >= 0.3 is 0 Å². The van der Waals surface area contributed by atoms with Gasteiger partial charge in [0.15, 0.2) is 0 Å². The number of nitrogens with one attached hydrogen (secondary N) is 1. The van der Waals surface area contributed by atoms with Crippen LogP contribution in [-0.4, -0.2) is 35.0 Å². The monoisotopic (exact) mass is 404 g/mol. The zero-order valence-corrected chi connectivity index (χ0v) is 18.6. The third-order valence-electron chi connectivity index (χ3n) is 7.07. The lowest BCUT2D eigenvalue weighted by Gasteiger charge is -2.45. The molecule has 1 N–H and O–H groups in total. The van der Waals surface area contributed by atoms with E-state index in [1.54, 1.807) is 7.11 Å². The van der Waals surface area contributed by atoms with Crippen molar-refractivity contribution in [1.29, 1.82) is 0 Å². The maximum atomic E-state index is 13.9. The number of hydrogen-bond donors (Lipinski definition) is 1. The molecule has 2 aromatic carbocycles. The van der Waals surface area contributed by atoms with E-state index in [4.69, 9.17) is 4.74 Å². The second kappa shape index (κ2) is 7.82. The van der Waals surface area contributed by atoms with E-state index in [9.17, 15) is 4.79 Å². The van der Waals surface area contributed by atoms with Crippen LogP contribution >= 0.6 is 0 Å². The van der Waals surface area contributed by atoms with Gasteiger partial charge in [-0.15, -0.1) is 0 Å². The smallest absolute Gasteiger partial charge is 0.270 e. The Labute approximate surface area is 179 Å². The molecule has 1 aliphatic heterocycles. The molecular weight excluding hydrogens is 372 g/mol. The number of carbonyl (C=O) groups excluding carboxylic acids is 1. The van der Waals surface area contributed by atoms with Crippen LogP contribution in [0.4, 0.5) is 0 Å². The van der Waals surface area contributed by atoms with Crippen molar-refractivity contribution in [3.8, 4) is 5.75 Å². The second-order valence-electron chi connectivity index (χ2n) is 9.13. The average molecular weight is 405 g/mol. The highest BCUT2D eigenvalue weighted by molar-refractivity contribution is 6.00. The molecule has 4 nitrogen and oxygen atoms in total. The molecule has 0 radical (unpaired) electrons. The van der Waals surface area contributed by atoms with Gasteiger partial charge < -0.3 is 14.6 Å². The van der Waals surface area contributed by atoms with Crippen LogP contribution in [-0.2, 0) is 0 Å². The first-order valence-electron chi connectivity index (χ1n) is 10.9. The first-order chi connectivity index (χ1) is 14.4. The Balaban J connectivity index is 1.77. The summed E-state index contributed by atoms with van der Waals surface area (Å²) in [7, 11) is 1.66. The van der Waals surface area contributed by atoms with E-state index in [2.05, 4.69) is 67.9 Å². The first kappa shape index (κ1) is 20.5. The molecule has 158 valence electrons. The third kappa shape index (κ3) is 3.19. The molecule has 3 aromatic rings. The number of H-pyrrole nitrogens is 1. The summed E-state index contributed by atoms with van der Waals surface area (Å²) in [5.74, 6) is 1.92. The quantitative estimate of drug-likeness (QED) is 0.579. The Hall–Kier alpha value is -2.75. The van der Waals surface area contributed by atoms with Crippen molar-refractivity contribution < 1.29 is 9.53 Å². The van der Waals surface area contributed by atoms with Gasteiger partial charge in [-0.25, -0.2) is 0 Å². The molecule has 1 amide bonds. The van der Waals surface area contributed by atoms with Crippen LogP contribution in [0, 0.1) is 11.8 Å². The van der Waals surface area contributed by atoms with Gasteiger partial charge in [0.1, 0.15) is 11.4 Å². The predicted octanol–water partition coefficient (Wildman–Crippen LogP) is 5.86. The summed E-state index contributed by atoms with van der Waals surface area (Å²) in [6.07, 6.45) is 0.988. The number of carbonyl (C=O) groups is 1. The number of rotatable bonds is 5. The average Bonchev–Trinajstić information content (AvgIpc) is 3.36. The summed E-state index contributed by atoms with van der Waals surface area (Å²) in [5, 5.41) is 0.946. The van der Waals surface area contributed by atoms with E-state index in [-0.39, 0.29) is 11.4 Å². The molecule has 0 aliphatic carbocycles. The van der Waals surface area contributed by atoms with E-state index in [1.165, 1.54) is 5.56 Å². The lowest BCUT2D eigenvalue weighted by molar-refractivity contribution is 0.0291. The lowest BCUT2D eigenvalue weighted by Crippen LogP contribution is -2.54. The summed E-state index contributed by atoms with van der Waals surface area (Å²) in [6, 6.07) is 18.4. The second-order valence-corrected chi connectivity index (χ2v) is 9.13. The Kier molecular flexibility index (Phi) is 5.35. The maximum Gasteiger partial charge on any atom is 0.270 e. The fourth-order valence-electron chi connectivity index (χ4n) is 5.51. The van der Waals surface area contributed by atoms with Crippen LogP contribution in [0.25, 0.3) is 10.9 Å². The summed E-state index contributed by atoms with van der Waals surface area (Å²) in [4.78, 5) is 19.4. The van der Waals surface area contributed by atoms with Crippen LogP contribution in [0.5, 0.6) is 5.75 Å². The number of benzene rings is 2. The van der Waals surface area contributed by atoms with Gasteiger partial charge in [-0.2, -0.15) is 0 Å². The van der Waals surface area contributed by atoms with E-state index >= 15 is 0 Å². The van der Waals surface area contributed by atoms with Crippen molar-refractivity contribution in [2.45, 2.75) is 45.6 Å². The number of likely N-dealkylation sites (tertiary alicyclic amines) is 1. The highest BCUT2D eigenvalue weighted by Gasteiger charge is 2.52. The fourth-order valence-corrected chi connectivity index (χ4v) is 5.51. The number of aromatic nitrogens is 1. The minimum Gasteiger partial charge on any atom is -0.496 e. The van der Waals surface area contributed by atoms with E-state index in [0.29, 0.717) is 23.4 Å². The predicted molar refractivity (Wildman–Crippen MR) is 122 cm³/mol. The van der Waals surface area contributed by atoms with Gasteiger partial charge in [-0.1, -0.05) is 64.1 Å². The topological polar surface area (TPSA) is 45.3 Å². The molecule has 30 heavy (non-hydrogen) atoms. The van der Waals surface area contributed by atoms with Crippen molar-refractivity contribution in [3.05, 3.63) is 65.9 Å². The molecule has 0 spiro atoms. The summed E-state index contributed by atoms with van der Waals surface area (Å²) in [5.41, 5.74) is 2.70. The number of amides is 1. The van der Waals surface area contributed by atoms with E-state index in [0.717, 1.165) is 29.6 Å². The van der Waals surface area contributed by atoms with Crippen molar-refractivity contribution in [2.75, 3.05) is 13.7 Å². The van der Waals surface area contributed by atoms with Crippen molar-refractivity contribution in [2.24, 2.45) is 11.8 Å². The van der Waals surface area contributed by atoms with Gasteiger partial charge in [0, 0.05) is 28.9 Å². The van der Waals surface area contributed by atoms with Gasteiger partial charge in [0.05, 0.1) is 7.11 Å². The van der Waals surface area contributed by atoms with Gasteiger partial charge in [0.2, 0.25) is 0 Å². The molecule has 4 heteroatoms. The highest BCUT2D eigenvalue weighted by Crippen LogP contribution is 2.48. The number of fused-ring (bicyclic) bond motifs is 1. The number of ether oxygens (including phenoxy) is 1. The number of aromatic amines is 1. The largest absolute Gasteiger partial charge is 0.496 e. The minimum atomic E-state index is -0.182. The van der Waals surface area contributed by atoms with Crippen LogP contribution in [0.2, 0.25) is 0 Å². The molecule has 1 unspecified atom stereocenters. The standard InChI is InChI=1S/C26H32N2O2/c1-17(2)26(18(3)4)15-20(19-10-7-6-8-11-19)16-28(26)25(29)23-14-21-22(27-23)12-9-13-24(21)30-5/h6-14,17-18,20,27H,15-16H2,1-5H3. The van der Waals surface area contributed by atoms with Gasteiger partial charge in [0.25, 0.3) is 5.91 Å². The van der Waals surface area contributed by atoms with Crippen LogP contribution in [0.15, 0.2) is 54.6 Å². The molecule has 4 rings (SSSR count). The number of nitrogens with zero attached hydrogens (tertiary/aromatic N) is 1. The van der Waals surface area contributed by atoms with Gasteiger partial charge in [-0.3, -0.25) is 4.79 Å². The van der Waals surface area contributed by atoms with Crippen LogP contribution in [0.3, 0.4) is 0 Å². The zero-order valence-electron chi connectivity index (χ0n) is 18.6. The summed E-state index contributed by atoms with van der Waals surface area (Å²) < 4.78 is 5.49. The van der Waals surface area contributed by atoms with Gasteiger partial charge in [-0.05, 0) is 42.0 Å². The Morgan fingerprint density at radius 1 is 1.07 bits per heavy atom. The van der Waals surface area contributed by atoms with Crippen LogP contribution in [0.1, 0.15) is 56.1 Å². The molecule has 1 aromatic heterocycles. The molecule has 1 fully saturated rings. The molecule has 0 bridgehead atoms. The SMILES string of the molecule is COc1cccc2[nH]c(C(=O)N3CC(c4ccccc4)CC3(C(C)C)C(C)C)cc12. The van der Waals surface area contributed by atoms with Crippen molar-refractivity contribution in [3.63, 3.8) is 0 Å². The van der Waals surface area contributed by atoms with E-state index in [1.807, 2.05) is 24.3 Å². The molecular formula is C26H32N2O2. The maximum absolute atomic E-state index is 13.9. The molecule has 1 saturated heterocycles. The van der Waals surface area contributed by atoms with Crippen molar-refractivity contribution in [1.82, 2.24) is 9.88 Å². The number of methoxy groups -OCH3 is 1. The van der Waals surface area contributed by atoms with Crippen molar-refractivity contribution >= 4 is 16.8 Å². The van der Waals surface area contributed by atoms with Crippen LogP contribution < -0.4 is 4.74 Å². The van der Waals surface area contributed by atoms with E-state index < -0.39 is 0 Å². The molecule has 0 saturated carbocycles. The third-order valence-corrected chi connectivity index (χ3v) is 7.07. The lowest BCUT2D eigenvalue weighted by atomic mass is 9.72. The first-order valence-corrected chi connectivity index (χ1v) is 10.9. The Morgan fingerprint density at radius 2 is 1.77 bits per heavy atom. The summed E-state index contributed by atoms with van der Waals surface area (Å²) >= 11 is 0.